The number of aromatic amines is 1. The minimum atomic E-state index is -5.31. The highest BCUT2D eigenvalue weighted by Gasteiger charge is 2.43. The molecule has 0 amide bonds. The molecule has 8 nitrogen and oxygen atoms in total. The van der Waals surface area contributed by atoms with E-state index in [1.807, 2.05) is 0 Å². The molecule has 1 saturated carbocycles. The monoisotopic (exact) mass is 399 g/mol. The second-order valence-corrected chi connectivity index (χ2v) is 6.12. The number of hydrogen-bond acceptors (Lipinski definition) is 7. The molecule has 150 valence electrons. The van der Waals surface area contributed by atoms with Gasteiger partial charge < -0.3 is 14.2 Å². The smallest absolute Gasteiger partial charge is 0.490 e. The number of halogens is 3. The minimum Gasteiger partial charge on any atom is -0.490 e. The minimum absolute atomic E-state index is 0.106. The summed E-state index contributed by atoms with van der Waals surface area (Å²) >= 11 is 0. The summed E-state index contributed by atoms with van der Waals surface area (Å²) in [5, 5.41) is 8.84. The van der Waals surface area contributed by atoms with Crippen molar-refractivity contribution in [3.8, 4) is 17.4 Å². The molecule has 0 unspecified atom stereocenters. The Balaban J connectivity index is 1.68. The predicted octanol–water partition coefficient (Wildman–Crippen LogP) is 3.55. The van der Waals surface area contributed by atoms with E-state index in [-0.39, 0.29) is 11.9 Å². The number of aromatic nitrogens is 3. The Labute approximate surface area is 157 Å². The summed E-state index contributed by atoms with van der Waals surface area (Å²) in [6, 6.07) is 6.48. The standard InChI is InChI=1S/C17H16F3N3O5/c18-17(19,20)16(25)28-15(24)13-14(22-23-21-13)27-12-8-4-7-11(9-12)26-10-5-2-1-3-6-10/h4,7-10H,1-3,5-6H2,(H,21,22,23). The third-order valence-electron chi connectivity index (χ3n) is 4.01. The van der Waals surface area contributed by atoms with Gasteiger partial charge in [0.15, 0.2) is 0 Å². The van der Waals surface area contributed by atoms with Gasteiger partial charge in [-0.15, -0.1) is 0 Å². The van der Waals surface area contributed by atoms with Gasteiger partial charge in [0, 0.05) is 6.07 Å². The second kappa shape index (κ2) is 8.28. The first-order valence-corrected chi connectivity index (χ1v) is 8.52. The molecule has 0 aliphatic heterocycles. The summed E-state index contributed by atoms with van der Waals surface area (Å²) in [5.74, 6) is -3.93. The summed E-state index contributed by atoms with van der Waals surface area (Å²) < 4.78 is 51.7. The van der Waals surface area contributed by atoms with E-state index in [9.17, 15) is 22.8 Å². The number of esters is 2. The van der Waals surface area contributed by atoms with Gasteiger partial charge in [0.2, 0.25) is 5.69 Å². The first-order valence-electron chi connectivity index (χ1n) is 8.52. The zero-order valence-electron chi connectivity index (χ0n) is 14.5. The molecule has 1 aromatic heterocycles. The van der Waals surface area contributed by atoms with Crippen LogP contribution in [0.15, 0.2) is 24.3 Å². The van der Waals surface area contributed by atoms with Crippen molar-refractivity contribution in [3.05, 3.63) is 30.0 Å². The Morgan fingerprint density at radius 1 is 1.11 bits per heavy atom. The van der Waals surface area contributed by atoms with Crippen molar-refractivity contribution < 1.29 is 37.0 Å². The van der Waals surface area contributed by atoms with Crippen molar-refractivity contribution in [1.82, 2.24) is 15.4 Å². The van der Waals surface area contributed by atoms with E-state index >= 15 is 0 Å². The number of carbonyl (C=O) groups excluding carboxylic acids is 2. The molecule has 0 bridgehead atoms. The van der Waals surface area contributed by atoms with E-state index in [0.29, 0.717) is 5.75 Å². The molecule has 1 aliphatic carbocycles. The molecule has 11 heteroatoms. The van der Waals surface area contributed by atoms with Crippen molar-refractivity contribution >= 4 is 11.9 Å². The van der Waals surface area contributed by atoms with Crippen molar-refractivity contribution in [2.24, 2.45) is 0 Å². The van der Waals surface area contributed by atoms with Crippen molar-refractivity contribution in [2.45, 2.75) is 44.4 Å². The SMILES string of the molecule is O=C(OC(=O)C(F)(F)F)c1[nH]nnc1Oc1cccc(OC2CCCCC2)c1. The highest BCUT2D eigenvalue weighted by molar-refractivity contribution is 5.98. The Bertz CT molecular complexity index is 847. The molecule has 0 saturated heterocycles. The lowest BCUT2D eigenvalue weighted by molar-refractivity contribution is -0.193. The highest BCUT2D eigenvalue weighted by Crippen LogP contribution is 2.29. The van der Waals surface area contributed by atoms with Crippen LogP contribution >= 0.6 is 0 Å². The molecule has 1 heterocycles. The number of H-pyrrole nitrogens is 1. The first-order chi connectivity index (χ1) is 13.3. The van der Waals surface area contributed by atoms with Crippen molar-refractivity contribution in [3.63, 3.8) is 0 Å². The molecule has 2 aromatic rings. The first kappa shape index (κ1) is 19.6. The van der Waals surface area contributed by atoms with E-state index in [1.54, 1.807) is 24.3 Å². The van der Waals surface area contributed by atoms with Crippen LogP contribution in [0, 0.1) is 0 Å². The third-order valence-corrected chi connectivity index (χ3v) is 4.01. The van der Waals surface area contributed by atoms with Gasteiger partial charge in [0.05, 0.1) is 6.10 Å². The zero-order chi connectivity index (χ0) is 20.1. The molecule has 0 atom stereocenters. The molecule has 0 spiro atoms. The Hall–Kier alpha value is -3.11. The lowest BCUT2D eigenvalue weighted by atomic mass is 9.98. The molecule has 1 fully saturated rings. The Morgan fingerprint density at radius 2 is 1.82 bits per heavy atom. The fourth-order valence-corrected chi connectivity index (χ4v) is 2.71. The van der Waals surface area contributed by atoms with Crippen LogP contribution in [0.4, 0.5) is 13.2 Å². The molecule has 1 N–H and O–H groups in total. The average molecular weight is 399 g/mol. The lowest BCUT2D eigenvalue weighted by Crippen LogP contribution is -2.28. The van der Waals surface area contributed by atoms with Crippen LogP contribution < -0.4 is 9.47 Å². The summed E-state index contributed by atoms with van der Waals surface area (Å²) in [5.41, 5.74) is -0.629. The molecule has 28 heavy (non-hydrogen) atoms. The van der Waals surface area contributed by atoms with Crippen LogP contribution in [0.3, 0.4) is 0 Å². The fraction of sp³-hybridized carbons (Fsp3) is 0.412. The predicted molar refractivity (Wildman–Crippen MR) is 86.9 cm³/mol. The summed E-state index contributed by atoms with van der Waals surface area (Å²) in [4.78, 5) is 22.5. The van der Waals surface area contributed by atoms with E-state index < -0.39 is 29.7 Å². The van der Waals surface area contributed by atoms with E-state index in [0.717, 1.165) is 25.7 Å². The highest BCUT2D eigenvalue weighted by atomic mass is 19.4. The van der Waals surface area contributed by atoms with Gasteiger partial charge >= 0.3 is 18.1 Å². The molecular formula is C17H16F3N3O5. The summed E-state index contributed by atoms with van der Waals surface area (Å²) in [6.45, 7) is 0. The third kappa shape index (κ3) is 4.99. The van der Waals surface area contributed by atoms with Crippen molar-refractivity contribution in [2.75, 3.05) is 0 Å². The Kier molecular flexibility index (Phi) is 5.81. The van der Waals surface area contributed by atoms with E-state index in [2.05, 4.69) is 20.1 Å². The van der Waals surface area contributed by atoms with Gasteiger partial charge in [-0.2, -0.15) is 13.2 Å². The topological polar surface area (TPSA) is 103 Å². The van der Waals surface area contributed by atoms with Gasteiger partial charge in [0.25, 0.3) is 5.88 Å². The van der Waals surface area contributed by atoms with Crippen LogP contribution in [-0.4, -0.2) is 39.6 Å². The quantitative estimate of drug-likeness (QED) is 0.606. The number of ether oxygens (including phenoxy) is 3. The maximum atomic E-state index is 12.2. The molecule has 3 rings (SSSR count). The molecule has 1 aromatic carbocycles. The number of alkyl halides is 3. The number of hydrogen-bond donors (Lipinski definition) is 1. The number of nitrogens with one attached hydrogen (secondary N) is 1. The molecule has 1 aliphatic rings. The maximum absolute atomic E-state index is 12.2. The number of rotatable bonds is 5. The van der Waals surface area contributed by atoms with E-state index in [4.69, 9.17) is 9.47 Å². The Morgan fingerprint density at radius 3 is 2.54 bits per heavy atom. The van der Waals surface area contributed by atoms with Gasteiger partial charge in [-0.3, -0.25) is 0 Å². The van der Waals surface area contributed by atoms with Crippen LogP contribution in [0.25, 0.3) is 0 Å². The van der Waals surface area contributed by atoms with Crippen molar-refractivity contribution in [1.29, 1.82) is 0 Å². The molecule has 0 radical (unpaired) electrons. The summed E-state index contributed by atoms with van der Waals surface area (Å²) in [6.07, 6.45) is 0.0914. The van der Waals surface area contributed by atoms with Gasteiger partial charge in [-0.1, -0.05) is 22.8 Å². The zero-order valence-corrected chi connectivity index (χ0v) is 14.5. The average Bonchev–Trinajstić information content (AvgIpc) is 3.10. The van der Waals surface area contributed by atoms with Crippen LogP contribution in [0.2, 0.25) is 0 Å². The number of nitrogens with zero attached hydrogens (tertiary/aromatic N) is 2. The largest absolute Gasteiger partial charge is 0.491 e. The normalized spacial score (nSPS) is 15.1. The summed E-state index contributed by atoms with van der Waals surface area (Å²) in [7, 11) is 0. The number of benzene rings is 1. The lowest BCUT2D eigenvalue weighted by Gasteiger charge is -2.23. The van der Waals surface area contributed by atoms with Crippen LogP contribution in [0.5, 0.6) is 17.4 Å². The van der Waals surface area contributed by atoms with Crippen LogP contribution in [-0.2, 0) is 9.53 Å². The van der Waals surface area contributed by atoms with Gasteiger partial charge in [-0.25, -0.2) is 14.7 Å². The van der Waals surface area contributed by atoms with E-state index in [1.165, 1.54) is 6.42 Å². The number of carbonyl (C=O) groups is 2. The molecular weight excluding hydrogens is 383 g/mol. The van der Waals surface area contributed by atoms with Crippen LogP contribution in [0.1, 0.15) is 42.6 Å². The van der Waals surface area contributed by atoms with Gasteiger partial charge in [-0.05, 0) is 37.8 Å². The fourth-order valence-electron chi connectivity index (χ4n) is 2.71. The maximum Gasteiger partial charge on any atom is 0.491 e. The van der Waals surface area contributed by atoms with Gasteiger partial charge in [0.1, 0.15) is 11.5 Å². The second-order valence-electron chi connectivity index (χ2n) is 6.12.